The molecule has 1 atom stereocenters. The number of rotatable bonds is 8. The molecule has 0 spiro atoms. The van der Waals surface area contributed by atoms with Gasteiger partial charge in [-0.3, -0.25) is 4.79 Å². The summed E-state index contributed by atoms with van der Waals surface area (Å²) in [5, 5.41) is 14.1. The van der Waals surface area contributed by atoms with Crippen LogP contribution in [0.25, 0.3) is 0 Å². The van der Waals surface area contributed by atoms with Crippen LogP contribution in [0.1, 0.15) is 51.0 Å². The number of alkyl halides is 3. The first-order valence-electron chi connectivity index (χ1n) is 9.06. The van der Waals surface area contributed by atoms with Crippen molar-refractivity contribution in [1.29, 1.82) is 0 Å². The number of para-hydroxylation sites is 1. The van der Waals surface area contributed by atoms with E-state index in [1.165, 1.54) is 0 Å². The van der Waals surface area contributed by atoms with Crippen molar-refractivity contribution < 1.29 is 27.8 Å². The Morgan fingerprint density at radius 3 is 2.63 bits per heavy atom. The van der Waals surface area contributed by atoms with Crippen LogP contribution in [0.5, 0.6) is 5.75 Å². The number of nitrogens with zero attached hydrogens (tertiary/aromatic N) is 2. The Kier molecular flexibility index (Phi) is 6.86. The first-order valence-corrected chi connectivity index (χ1v) is 9.06. The summed E-state index contributed by atoms with van der Waals surface area (Å²) in [6, 6.07) is 6.85. The van der Waals surface area contributed by atoms with Gasteiger partial charge in [-0.05, 0) is 31.4 Å². The van der Waals surface area contributed by atoms with Crippen LogP contribution in [-0.2, 0) is 4.79 Å². The second-order valence-electron chi connectivity index (χ2n) is 6.73. The van der Waals surface area contributed by atoms with Crippen LogP contribution in [0, 0.1) is 6.92 Å². The van der Waals surface area contributed by atoms with Gasteiger partial charge in [0.05, 0.1) is 0 Å². The maximum atomic E-state index is 13.4. The van der Waals surface area contributed by atoms with Crippen molar-refractivity contribution in [2.75, 3.05) is 6.61 Å². The van der Waals surface area contributed by atoms with Crippen LogP contribution in [0.4, 0.5) is 13.2 Å². The minimum Gasteiger partial charge on any atom is -0.483 e. The van der Waals surface area contributed by atoms with Gasteiger partial charge in [0.1, 0.15) is 5.75 Å². The molecule has 2 rings (SSSR count). The fourth-order valence-corrected chi connectivity index (χ4v) is 2.91. The predicted octanol–water partition coefficient (Wildman–Crippen LogP) is 4.18. The number of ether oxygens (including phenoxy) is 1. The van der Waals surface area contributed by atoms with Gasteiger partial charge in [0.2, 0.25) is 0 Å². The van der Waals surface area contributed by atoms with Gasteiger partial charge in [0, 0.05) is 12.1 Å². The molecule has 0 saturated carbocycles. The molecule has 1 aliphatic rings. The fourth-order valence-electron chi connectivity index (χ4n) is 2.91. The third-order valence-electron chi connectivity index (χ3n) is 4.50. The number of unbranched alkanes of at least 4 members (excludes halogenated alkanes) is 3. The number of hydrazone groups is 1. The Labute approximate surface area is 156 Å². The molecule has 1 aromatic carbocycles. The Balaban J connectivity index is 2.09. The highest BCUT2D eigenvalue weighted by molar-refractivity contribution is 5.91. The third-order valence-corrected chi connectivity index (χ3v) is 4.50. The van der Waals surface area contributed by atoms with Crippen LogP contribution in [0.3, 0.4) is 0 Å². The highest BCUT2D eigenvalue weighted by atomic mass is 19.4. The van der Waals surface area contributed by atoms with Crippen LogP contribution < -0.4 is 4.74 Å². The Bertz CT molecular complexity index is 691. The van der Waals surface area contributed by atoms with Crippen LogP contribution in [0.2, 0.25) is 0 Å². The molecule has 0 saturated heterocycles. The molecule has 1 N–H and O–H groups in total. The summed E-state index contributed by atoms with van der Waals surface area (Å²) in [4.78, 5) is 12.3. The minimum absolute atomic E-state index is 0.139. The van der Waals surface area contributed by atoms with Gasteiger partial charge in [-0.15, -0.1) is 0 Å². The number of hydrogen-bond acceptors (Lipinski definition) is 4. The average Bonchev–Trinajstić information content (AvgIpc) is 2.96. The van der Waals surface area contributed by atoms with Crippen molar-refractivity contribution in [3.63, 3.8) is 0 Å². The zero-order valence-electron chi connectivity index (χ0n) is 15.6. The third kappa shape index (κ3) is 5.00. The van der Waals surface area contributed by atoms with E-state index in [-0.39, 0.29) is 10.7 Å². The Hall–Kier alpha value is -2.09. The van der Waals surface area contributed by atoms with E-state index in [1.54, 1.807) is 31.2 Å². The van der Waals surface area contributed by atoms with E-state index in [2.05, 4.69) is 5.10 Å². The zero-order valence-corrected chi connectivity index (χ0v) is 15.6. The van der Waals surface area contributed by atoms with Crippen LogP contribution in [0.15, 0.2) is 29.4 Å². The molecular formula is C19H25F3N2O3. The van der Waals surface area contributed by atoms with Gasteiger partial charge < -0.3 is 9.84 Å². The number of amides is 1. The van der Waals surface area contributed by atoms with Crippen molar-refractivity contribution in [3.05, 3.63) is 29.8 Å². The number of aryl methyl sites for hydroxylation is 1. The molecule has 1 unspecified atom stereocenters. The molecule has 0 bridgehead atoms. The van der Waals surface area contributed by atoms with Gasteiger partial charge in [-0.25, -0.2) is 0 Å². The molecule has 0 fully saturated rings. The molecule has 1 heterocycles. The number of hydrogen-bond donors (Lipinski definition) is 1. The summed E-state index contributed by atoms with van der Waals surface area (Å²) >= 11 is 0. The summed E-state index contributed by atoms with van der Waals surface area (Å²) in [6.45, 7) is 3.15. The largest absolute Gasteiger partial charge is 0.483 e. The normalized spacial score (nSPS) is 19.9. The predicted molar refractivity (Wildman–Crippen MR) is 95.3 cm³/mol. The summed E-state index contributed by atoms with van der Waals surface area (Å²) < 4.78 is 45.6. The quantitative estimate of drug-likeness (QED) is 0.682. The van der Waals surface area contributed by atoms with Crippen LogP contribution >= 0.6 is 0 Å². The lowest BCUT2D eigenvalue weighted by Gasteiger charge is -2.32. The van der Waals surface area contributed by atoms with Crippen molar-refractivity contribution in [2.45, 2.75) is 64.3 Å². The molecule has 1 aliphatic heterocycles. The Morgan fingerprint density at radius 1 is 1.30 bits per heavy atom. The molecule has 5 nitrogen and oxygen atoms in total. The maximum absolute atomic E-state index is 13.4. The molecule has 27 heavy (non-hydrogen) atoms. The second kappa shape index (κ2) is 8.73. The lowest BCUT2D eigenvalue weighted by Crippen LogP contribution is -2.57. The number of carbonyl (C=O) groups is 1. The molecule has 1 amide bonds. The topological polar surface area (TPSA) is 62.1 Å². The summed E-state index contributed by atoms with van der Waals surface area (Å²) in [7, 11) is 0. The van der Waals surface area contributed by atoms with E-state index >= 15 is 0 Å². The highest BCUT2D eigenvalue weighted by Gasteiger charge is 2.63. The number of benzene rings is 1. The standard InChI is InChI=1S/C19H25F3N2O3/c1-3-4-5-6-10-15-12-18(26,19(20,21)22)24(23-15)17(25)13-27-16-11-8-7-9-14(16)2/h7-9,11,26H,3-6,10,12-13H2,1-2H3. The lowest BCUT2D eigenvalue weighted by molar-refractivity contribution is -0.302. The molecule has 0 radical (unpaired) electrons. The Morgan fingerprint density at radius 2 is 2.00 bits per heavy atom. The van der Waals surface area contributed by atoms with E-state index in [1.807, 2.05) is 6.92 Å². The van der Waals surface area contributed by atoms with Crippen LogP contribution in [-0.4, -0.2) is 40.2 Å². The average molecular weight is 386 g/mol. The molecule has 0 aliphatic carbocycles. The first kappa shape index (κ1) is 21.2. The zero-order chi connectivity index (χ0) is 20.1. The van der Waals surface area contributed by atoms with Gasteiger partial charge in [0.15, 0.2) is 6.61 Å². The SMILES string of the molecule is CCCCCCC1=NN(C(=O)COc2ccccc2C)C(O)(C(F)(F)F)C1. The lowest BCUT2D eigenvalue weighted by atomic mass is 10.0. The number of aliphatic hydroxyl groups is 1. The summed E-state index contributed by atoms with van der Waals surface area (Å²) in [5.41, 5.74) is -2.40. The van der Waals surface area contributed by atoms with E-state index in [0.29, 0.717) is 18.6 Å². The minimum atomic E-state index is -5.01. The van der Waals surface area contributed by atoms with Crippen molar-refractivity contribution in [3.8, 4) is 5.75 Å². The van der Waals surface area contributed by atoms with E-state index in [9.17, 15) is 23.1 Å². The molecule has 1 aromatic rings. The molecule has 0 aromatic heterocycles. The monoisotopic (exact) mass is 386 g/mol. The second-order valence-corrected chi connectivity index (χ2v) is 6.73. The maximum Gasteiger partial charge on any atom is 0.438 e. The number of carbonyl (C=O) groups excluding carboxylic acids is 1. The fraction of sp³-hybridized carbons (Fsp3) is 0.579. The van der Waals surface area contributed by atoms with Gasteiger partial charge >= 0.3 is 6.18 Å². The van der Waals surface area contributed by atoms with Gasteiger partial charge in [-0.2, -0.15) is 23.3 Å². The van der Waals surface area contributed by atoms with E-state index < -0.39 is 30.8 Å². The summed E-state index contributed by atoms with van der Waals surface area (Å²) in [5.74, 6) is -0.647. The molecule has 150 valence electrons. The van der Waals surface area contributed by atoms with Gasteiger partial charge in [-0.1, -0.05) is 44.4 Å². The van der Waals surface area contributed by atoms with E-state index in [0.717, 1.165) is 24.8 Å². The molecule has 8 heteroatoms. The first-order chi connectivity index (χ1) is 12.7. The molecular weight excluding hydrogens is 361 g/mol. The van der Waals surface area contributed by atoms with Crippen molar-refractivity contribution in [2.24, 2.45) is 5.10 Å². The van der Waals surface area contributed by atoms with Crippen molar-refractivity contribution in [1.82, 2.24) is 5.01 Å². The number of halogens is 3. The van der Waals surface area contributed by atoms with Crippen molar-refractivity contribution >= 4 is 11.6 Å². The van der Waals surface area contributed by atoms with E-state index in [4.69, 9.17) is 4.74 Å². The van der Waals surface area contributed by atoms with Gasteiger partial charge in [0.25, 0.3) is 11.6 Å². The highest BCUT2D eigenvalue weighted by Crippen LogP contribution is 2.41. The smallest absolute Gasteiger partial charge is 0.438 e. The summed E-state index contributed by atoms with van der Waals surface area (Å²) in [6.07, 6.45) is -1.91.